The molecular weight excluding hydrogens is 280 g/mol. The van der Waals surface area contributed by atoms with Gasteiger partial charge >= 0.3 is 5.97 Å². The van der Waals surface area contributed by atoms with E-state index in [4.69, 9.17) is 4.74 Å². The van der Waals surface area contributed by atoms with Gasteiger partial charge in [-0.2, -0.15) is 0 Å². The SMILES string of the molecule is CC1C/C=C/CCCCC(O)Cc2cc(O)ccc2C(=O)O1. The molecule has 0 saturated heterocycles. The van der Waals surface area contributed by atoms with Crippen molar-refractivity contribution < 1.29 is 19.7 Å². The Labute approximate surface area is 131 Å². The van der Waals surface area contributed by atoms with Crippen LogP contribution in [-0.2, 0) is 11.2 Å². The Kier molecular flexibility index (Phi) is 6.01. The number of ether oxygens (including phenoxy) is 1. The van der Waals surface area contributed by atoms with Crippen molar-refractivity contribution in [1.82, 2.24) is 0 Å². The molecule has 2 unspecified atom stereocenters. The van der Waals surface area contributed by atoms with Crippen LogP contribution >= 0.6 is 0 Å². The first-order valence-corrected chi connectivity index (χ1v) is 7.92. The summed E-state index contributed by atoms with van der Waals surface area (Å²) in [5, 5.41) is 19.8. The molecule has 1 aliphatic rings. The van der Waals surface area contributed by atoms with E-state index in [-0.39, 0.29) is 11.9 Å². The maximum absolute atomic E-state index is 12.3. The Morgan fingerprint density at radius 2 is 2.05 bits per heavy atom. The van der Waals surface area contributed by atoms with Crippen LogP contribution in [0.3, 0.4) is 0 Å². The maximum Gasteiger partial charge on any atom is 0.338 e. The third kappa shape index (κ3) is 4.88. The first kappa shape index (κ1) is 16.6. The third-order valence-electron chi connectivity index (χ3n) is 3.87. The number of aromatic hydroxyl groups is 1. The summed E-state index contributed by atoms with van der Waals surface area (Å²) in [6, 6.07) is 4.57. The fourth-order valence-electron chi connectivity index (χ4n) is 2.65. The molecule has 2 N–H and O–H groups in total. The second-order valence-corrected chi connectivity index (χ2v) is 5.91. The molecule has 0 aromatic heterocycles. The van der Waals surface area contributed by atoms with Gasteiger partial charge in [0.05, 0.1) is 11.7 Å². The molecule has 22 heavy (non-hydrogen) atoms. The van der Waals surface area contributed by atoms with E-state index in [0.29, 0.717) is 30.4 Å². The zero-order valence-corrected chi connectivity index (χ0v) is 13.0. The lowest BCUT2D eigenvalue weighted by Gasteiger charge is -2.16. The summed E-state index contributed by atoms with van der Waals surface area (Å²) >= 11 is 0. The number of esters is 1. The first-order valence-electron chi connectivity index (χ1n) is 7.92. The zero-order chi connectivity index (χ0) is 15.9. The number of allylic oxidation sites excluding steroid dienone is 1. The van der Waals surface area contributed by atoms with E-state index in [1.54, 1.807) is 6.07 Å². The molecule has 0 bridgehead atoms. The number of hydrogen-bond donors (Lipinski definition) is 2. The number of carbonyl (C=O) groups excluding carboxylic acids is 1. The third-order valence-corrected chi connectivity index (χ3v) is 3.87. The van der Waals surface area contributed by atoms with Gasteiger partial charge in [0.1, 0.15) is 11.9 Å². The number of aliphatic hydroxyl groups excluding tert-OH is 1. The average molecular weight is 304 g/mol. The van der Waals surface area contributed by atoms with Crippen LogP contribution in [-0.4, -0.2) is 28.4 Å². The van der Waals surface area contributed by atoms with Gasteiger partial charge < -0.3 is 14.9 Å². The predicted octanol–water partition coefficient (Wildman–Crippen LogP) is 3.36. The lowest BCUT2D eigenvalue weighted by Crippen LogP contribution is -2.18. The van der Waals surface area contributed by atoms with Gasteiger partial charge in [-0.05, 0) is 56.4 Å². The van der Waals surface area contributed by atoms with Gasteiger partial charge in [0.15, 0.2) is 0 Å². The van der Waals surface area contributed by atoms with Crippen LogP contribution in [0.4, 0.5) is 0 Å². The van der Waals surface area contributed by atoms with Crippen LogP contribution in [0, 0.1) is 0 Å². The van der Waals surface area contributed by atoms with Crippen molar-refractivity contribution in [2.24, 2.45) is 0 Å². The molecule has 1 aromatic rings. The van der Waals surface area contributed by atoms with E-state index < -0.39 is 12.1 Å². The number of fused-ring (bicyclic) bond motifs is 1. The average Bonchev–Trinajstić information content (AvgIpc) is 2.45. The molecule has 2 atom stereocenters. The van der Waals surface area contributed by atoms with Crippen LogP contribution in [0.25, 0.3) is 0 Å². The highest BCUT2D eigenvalue weighted by Crippen LogP contribution is 2.22. The summed E-state index contributed by atoms with van der Waals surface area (Å²) in [7, 11) is 0. The summed E-state index contributed by atoms with van der Waals surface area (Å²) in [6.07, 6.45) is 8.13. The first-order chi connectivity index (χ1) is 10.6. The fourth-order valence-corrected chi connectivity index (χ4v) is 2.65. The smallest absolute Gasteiger partial charge is 0.338 e. The molecule has 120 valence electrons. The molecule has 1 heterocycles. The fraction of sp³-hybridized carbons (Fsp3) is 0.500. The van der Waals surface area contributed by atoms with Crippen LogP contribution in [0.1, 0.15) is 54.9 Å². The topological polar surface area (TPSA) is 66.8 Å². The molecular formula is C18H24O4. The lowest BCUT2D eigenvalue weighted by molar-refractivity contribution is 0.0345. The normalized spacial score (nSPS) is 25.6. The van der Waals surface area contributed by atoms with Crippen molar-refractivity contribution >= 4 is 5.97 Å². The van der Waals surface area contributed by atoms with E-state index in [1.165, 1.54) is 12.1 Å². The molecule has 0 spiro atoms. The minimum atomic E-state index is -0.516. The van der Waals surface area contributed by atoms with Crippen molar-refractivity contribution in [1.29, 1.82) is 0 Å². The number of benzene rings is 1. The van der Waals surface area contributed by atoms with Crippen molar-refractivity contribution in [2.75, 3.05) is 0 Å². The van der Waals surface area contributed by atoms with Gasteiger partial charge in [-0.15, -0.1) is 0 Å². The van der Waals surface area contributed by atoms with Gasteiger partial charge in [0.2, 0.25) is 0 Å². The van der Waals surface area contributed by atoms with Crippen LogP contribution < -0.4 is 0 Å². The van der Waals surface area contributed by atoms with Gasteiger partial charge in [-0.3, -0.25) is 0 Å². The lowest BCUT2D eigenvalue weighted by atomic mass is 9.98. The highest BCUT2D eigenvalue weighted by molar-refractivity contribution is 5.91. The van der Waals surface area contributed by atoms with E-state index in [0.717, 1.165) is 19.3 Å². The molecule has 4 heteroatoms. The Balaban J connectivity index is 2.23. The number of phenols is 1. The second-order valence-electron chi connectivity index (χ2n) is 5.91. The van der Waals surface area contributed by atoms with Crippen LogP contribution in [0.15, 0.2) is 30.4 Å². The molecule has 0 radical (unpaired) electrons. The highest BCUT2D eigenvalue weighted by atomic mass is 16.5. The molecule has 0 saturated carbocycles. The minimum absolute atomic E-state index is 0.0934. The quantitative estimate of drug-likeness (QED) is 0.570. The predicted molar refractivity (Wildman–Crippen MR) is 84.9 cm³/mol. The Hall–Kier alpha value is -1.81. The molecule has 1 aromatic carbocycles. The van der Waals surface area contributed by atoms with Crippen molar-refractivity contribution in [3.8, 4) is 5.75 Å². The second kappa shape index (κ2) is 7.99. The summed E-state index contributed by atoms with van der Waals surface area (Å²) in [5.41, 5.74) is 1.06. The van der Waals surface area contributed by atoms with E-state index in [9.17, 15) is 15.0 Å². The zero-order valence-electron chi connectivity index (χ0n) is 13.0. The summed E-state index contributed by atoms with van der Waals surface area (Å²) in [4.78, 5) is 12.3. The monoisotopic (exact) mass is 304 g/mol. The van der Waals surface area contributed by atoms with Gasteiger partial charge in [0.25, 0.3) is 0 Å². The number of rotatable bonds is 0. The van der Waals surface area contributed by atoms with Crippen LogP contribution in [0.2, 0.25) is 0 Å². The van der Waals surface area contributed by atoms with Crippen molar-refractivity contribution in [3.63, 3.8) is 0 Å². The maximum atomic E-state index is 12.3. The van der Waals surface area contributed by atoms with E-state index in [1.807, 2.05) is 13.0 Å². The molecule has 0 amide bonds. The van der Waals surface area contributed by atoms with Gasteiger partial charge in [0, 0.05) is 6.42 Å². The number of hydrogen-bond acceptors (Lipinski definition) is 4. The van der Waals surface area contributed by atoms with Crippen LogP contribution in [0.5, 0.6) is 5.75 Å². The van der Waals surface area contributed by atoms with E-state index >= 15 is 0 Å². The molecule has 2 rings (SSSR count). The number of carbonyl (C=O) groups is 1. The highest BCUT2D eigenvalue weighted by Gasteiger charge is 2.18. The minimum Gasteiger partial charge on any atom is -0.508 e. The summed E-state index contributed by atoms with van der Waals surface area (Å²) in [6.45, 7) is 1.86. The number of phenolic OH excluding ortho intramolecular Hbond substituents is 1. The van der Waals surface area contributed by atoms with Gasteiger partial charge in [-0.25, -0.2) is 4.79 Å². The Morgan fingerprint density at radius 1 is 1.23 bits per heavy atom. The molecule has 0 fully saturated rings. The molecule has 1 aliphatic heterocycles. The standard InChI is InChI=1S/C18H24O4/c1-13-7-5-3-2-4-6-8-15(19)11-14-12-16(20)9-10-17(14)18(21)22-13/h3,5,9-10,12-13,15,19-20H,2,4,6-8,11H2,1H3/b5-3+. The summed E-state index contributed by atoms with van der Waals surface area (Å²) < 4.78 is 5.44. The Bertz CT molecular complexity index is 536. The molecule has 0 aliphatic carbocycles. The van der Waals surface area contributed by atoms with Crippen molar-refractivity contribution in [2.45, 2.75) is 57.7 Å². The Morgan fingerprint density at radius 3 is 2.86 bits per heavy atom. The number of aliphatic hydroxyl groups is 1. The largest absolute Gasteiger partial charge is 0.508 e. The van der Waals surface area contributed by atoms with E-state index in [2.05, 4.69) is 6.08 Å². The number of cyclic esters (lactones) is 1. The van der Waals surface area contributed by atoms with Gasteiger partial charge in [-0.1, -0.05) is 18.6 Å². The molecule has 4 nitrogen and oxygen atoms in total. The van der Waals surface area contributed by atoms with Crippen molar-refractivity contribution in [3.05, 3.63) is 41.5 Å². The summed E-state index contributed by atoms with van der Waals surface area (Å²) in [5.74, 6) is -0.309.